The maximum atomic E-state index is 6.37. The van der Waals surface area contributed by atoms with Crippen molar-refractivity contribution in [3.63, 3.8) is 0 Å². The number of ether oxygens (including phenoxy) is 1. The van der Waals surface area contributed by atoms with E-state index in [0.717, 1.165) is 26.6 Å². The molecule has 3 aliphatic heterocycles. The first-order valence-corrected chi connectivity index (χ1v) is 9.55. The van der Waals surface area contributed by atoms with E-state index in [4.69, 9.17) is 16.3 Å². The van der Waals surface area contributed by atoms with Crippen molar-refractivity contribution >= 4 is 22.9 Å². The first kappa shape index (κ1) is 14.3. The molecule has 6 rings (SSSR count). The fourth-order valence-electron chi connectivity index (χ4n) is 4.76. The topological polar surface area (TPSA) is 25.4 Å². The number of benzene rings is 1. The normalized spacial score (nSPS) is 34.7. The molecule has 23 heavy (non-hydrogen) atoms. The Morgan fingerprint density at radius 3 is 2.74 bits per heavy atom. The average Bonchev–Trinajstić information content (AvgIpc) is 2.99. The summed E-state index contributed by atoms with van der Waals surface area (Å²) in [5, 5.41) is 1.57. The number of rotatable bonds is 3. The second-order valence-electron chi connectivity index (χ2n) is 7.16. The van der Waals surface area contributed by atoms with Gasteiger partial charge in [-0.05, 0) is 36.5 Å². The molecule has 1 aliphatic carbocycles. The minimum atomic E-state index is 0.362. The summed E-state index contributed by atoms with van der Waals surface area (Å²) in [6.07, 6.45) is 4.95. The Morgan fingerprint density at radius 1 is 1.17 bits per heavy atom. The van der Waals surface area contributed by atoms with Crippen molar-refractivity contribution in [2.24, 2.45) is 17.8 Å². The minimum absolute atomic E-state index is 0.362. The zero-order valence-corrected chi connectivity index (χ0v) is 14.4. The van der Waals surface area contributed by atoms with Crippen molar-refractivity contribution in [2.45, 2.75) is 18.9 Å². The summed E-state index contributed by atoms with van der Waals surface area (Å²) in [6, 6.07) is 7.92. The lowest BCUT2D eigenvalue weighted by molar-refractivity contribution is -0.0985. The van der Waals surface area contributed by atoms with Gasteiger partial charge in [-0.1, -0.05) is 35.1 Å². The Morgan fingerprint density at radius 2 is 2.00 bits per heavy atom. The van der Waals surface area contributed by atoms with E-state index in [0.29, 0.717) is 17.9 Å². The molecule has 4 bridgehead atoms. The van der Waals surface area contributed by atoms with Crippen LogP contribution in [0.2, 0.25) is 5.02 Å². The number of nitrogens with zero attached hydrogens (tertiary/aromatic N) is 2. The molecule has 2 aromatic rings. The summed E-state index contributed by atoms with van der Waals surface area (Å²) in [5.74, 6) is 2.30. The molecule has 5 atom stereocenters. The largest absolute Gasteiger partial charge is 0.466 e. The van der Waals surface area contributed by atoms with Crippen molar-refractivity contribution in [3.8, 4) is 15.6 Å². The molecule has 1 saturated carbocycles. The molecule has 0 N–H and O–H groups in total. The number of halogens is 1. The zero-order chi connectivity index (χ0) is 15.4. The van der Waals surface area contributed by atoms with Crippen LogP contribution in [0.5, 0.6) is 5.19 Å². The summed E-state index contributed by atoms with van der Waals surface area (Å²) < 4.78 is 6.37. The maximum Gasteiger partial charge on any atom is 0.273 e. The van der Waals surface area contributed by atoms with Crippen LogP contribution in [0.25, 0.3) is 10.4 Å². The molecule has 4 unspecified atom stereocenters. The third-order valence-corrected chi connectivity index (χ3v) is 6.71. The van der Waals surface area contributed by atoms with Gasteiger partial charge in [-0.15, -0.1) is 0 Å². The number of aromatic nitrogens is 1. The van der Waals surface area contributed by atoms with Gasteiger partial charge in [-0.2, -0.15) is 0 Å². The summed E-state index contributed by atoms with van der Waals surface area (Å²) in [6.45, 7) is 3.74. The highest BCUT2D eigenvalue weighted by molar-refractivity contribution is 7.16. The molecule has 120 valence electrons. The Labute approximate surface area is 145 Å². The third-order valence-electron chi connectivity index (χ3n) is 5.53. The third kappa shape index (κ3) is 2.57. The van der Waals surface area contributed by atoms with E-state index in [1.54, 1.807) is 11.3 Å². The SMILES string of the molecule is Clc1cccc(-c2cnc(OC3C4CC5C[C@H]3CN(C5)C4)s2)c1. The highest BCUT2D eigenvalue weighted by Gasteiger charge is 2.48. The van der Waals surface area contributed by atoms with Gasteiger partial charge in [0.05, 0.1) is 4.88 Å². The van der Waals surface area contributed by atoms with Crippen LogP contribution >= 0.6 is 22.9 Å². The molecule has 4 fully saturated rings. The highest BCUT2D eigenvalue weighted by atomic mass is 35.5. The molecule has 0 radical (unpaired) electrons. The second-order valence-corrected chi connectivity index (χ2v) is 8.59. The van der Waals surface area contributed by atoms with Crippen molar-refractivity contribution in [2.75, 3.05) is 19.6 Å². The standard InChI is InChI=1S/C18H19ClN2OS/c19-15-3-1-2-12(6-15)16-7-20-18(23-16)22-17-13-4-11-5-14(17)10-21(8-11)9-13/h1-3,6-7,11,13-14,17H,4-5,8-10H2/t11?,13-,14?,17?/m0/s1. The predicted octanol–water partition coefficient (Wildman–Crippen LogP) is 4.18. The lowest BCUT2D eigenvalue weighted by Crippen LogP contribution is -2.61. The van der Waals surface area contributed by atoms with Crippen LogP contribution < -0.4 is 4.74 Å². The smallest absolute Gasteiger partial charge is 0.273 e. The van der Waals surface area contributed by atoms with Crippen LogP contribution in [0.15, 0.2) is 30.5 Å². The van der Waals surface area contributed by atoms with Gasteiger partial charge in [0, 0.05) is 42.7 Å². The van der Waals surface area contributed by atoms with Crippen LogP contribution in [-0.4, -0.2) is 35.6 Å². The fourth-order valence-corrected chi connectivity index (χ4v) is 5.75. The molecule has 1 aromatic carbocycles. The maximum absolute atomic E-state index is 6.37. The van der Waals surface area contributed by atoms with Gasteiger partial charge in [0.2, 0.25) is 0 Å². The monoisotopic (exact) mass is 346 g/mol. The van der Waals surface area contributed by atoms with E-state index in [2.05, 4.69) is 16.0 Å². The first-order valence-electron chi connectivity index (χ1n) is 8.35. The first-order chi connectivity index (χ1) is 11.2. The van der Waals surface area contributed by atoms with Crippen LogP contribution in [0.1, 0.15) is 12.8 Å². The molecular formula is C18H19ClN2OS. The lowest BCUT2D eigenvalue weighted by Gasteiger charge is -2.55. The second kappa shape index (κ2) is 5.47. The van der Waals surface area contributed by atoms with Gasteiger partial charge in [-0.3, -0.25) is 0 Å². The summed E-state index contributed by atoms with van der Waals surface area (Å²) >= 11 is 7.72. The van der Waals surface area contributed by atoms with Crippen molar-refractivity contribution < 1.29 is 4.74 Å². The van der Waals surface area contributed by atoms with Crippen LogP contribution in [0.3, 0.4) is 0 Å². The van der Waals surface area contributed by atoms with E-state index >= 15 is 0 Å². The van der Waals surface area contributed by atoms with Gasteiger partial charge in [0.15, 0.2) is 0 Å². The molecule has 4 heterocycles. The number of hydrogen-bond donors (Lipinski definition) is 0. The molecule has 3 nitrogen and oxygen atoms in total. The Bertz CT molecular complexity index is 703. The number of piperidine rings is 3. The van der Waals surface area contributed by atoms with Crippen LogP contribution in [0, 0.1) is 17.8 Å². The molecule has 4 aliphatic rings. The molecule has 0 amide bonds. The van der Waals surface area contributed by atoms with Crippen molar-refractivity contribution in [1.29, 1.82) is 0 Å². The Kier molecular flexibility index (Phi) is 3.39. The number of thiazole rings is 1. The highest BCUT2D eigenvalue weighted by Crippen LogP contribution is 2.45. The van der Waals surface area contributed by atoms with Gasteiger partial charge < -0.3 is 9.64 Å². The molecule has 0 spiro atoms. The van der Waals surface area contributed by atoms with Crippen LogP contribution in [0.4, 0.5) is 0 Å². The molecule has 3 saturated heterocycles. The van der Waals surface area contributed by atoms with Gasteiger partial charge >= 0.3 is 0 Å². The van der Waals surface area contributed by atoms with Crippen molar-refractivity contribution in [1.82, 2.24) is 9.88 Å². The summed E-state index contributed by atoms with van der Waals surface area (Å²) in [5.41, 5.74) is 1.11. The number of hydrogen-bond acceptors (Lipinski definition) is 4. The van der Waals surface area contributed by atoms with Crippen molar-refractivity contribution in [3.05, 3.63) is 35.5 Å². The summed E-state index contributed by atoms with van der Waals surface area (Å²) in [4.78, 5) is 8.26. The van der Waals surface area contributed by atoms with Crippen LogP contribution in [-0.2, 0) is 0 Å². The molecular weight excluding hydrogens is 328 g/mol. The van der Waals surface area contributed by atoms with E-state index in [9.17, 15) is 0 Å². The Hall–Kier alpha value is -1.10. The van der Waals surface area contributed by atoms with Gasteiger partial charge in [0.25, 0.3) is 5.19 Å². The zero-order valence-electron chi connectivity index (χ0n) is 12.8. The molecule has 1 aromatic heterocycles. The van der Waals surface area contributed by atoms with E-state index < -0.39 is 0 Å². The lowest BCUT2D eigenvalue weighted by atomic mass is 9.66. The summed E-state index contributed by atoms with van der Waals surface area (Å²) in [7, 11) is 0. The predicted molar refractivity (Wildman–Crippen MR) is 93.1 cm³/mol. The minimum Gasteiger partial charge on any atom is -0.466 e. The Balaban J connectivity index is 1.36. The van der Waals surface area contributed by atoms with E-state index in [-0.39, 0.29) is 0 Å². The average molecular weight is 347 g/mol. The van der Waals surface area contributed by atoms with Gasteiger partial charge in [-0.25, -0.2) is 4.98 Å². The fraction of sp³-hybridized carbons (Fsp3) is 0.500. The van der Waals surface area contributed by atoms with E-state index in [1.165, 1.54) is 32.5 Å². The quantitative estimate of drug-likeness (QED) is 0.833. The van der Waals surface area contributed by atoms with Gasteiger partial charge in [0.1, 0.15) is 6.10 Å². The molecule has 5 heteroatoms. The van der Waals surface area contributed by atoms with E-state index in [1.807, 2.05) is 24.4 Å².